The number of carbonyl (C=O) groups is 1. The summed E-state index contributed by atoms with van der Waals surface area (Å²) in [6, 6.07) is 7.41. The maximum Gasteiger partial charge on any atom is 0.326 e. The predicted molar refractivity (Wildman–Crippen MR) is 63.6 cm³/mol. The fourth-order valence-electron chi connectivity index (χ4n) is 2.07. The van der Waals surface area contributed by atoms with E-state index in [4.69, 9.17) is 0 Å². The van der Waals surface area contributed by atoms with Crippen molar-refractivity contribution in [2.75, 3.05) is 5.32 Å². The van der Waals surface area contributed by atoms with E-state index in [-0.39, 0.29) is 5.92 Å². The van der Waals surface area contributed by atoms with Crippen LogP contribution in [0.2, 0.25) is 0 Å². The van der Waals surface area contributed by atoms with Crippen molar-refractivity contribution in [1.29, 1.82) is 0 Å². The molecule has 1 aliphatic carbocycles. The molecular weight excluding hydrogens is 202 g/mol. The quantitative estimate of drug-likeness (QED) is 0.818. The van der Waals surface area contributed by atoms with Crippen LogP contribution in [0.1, 0.15) is 24.8 Å². The third-order valence-corrected chi connectivity index (χ3v) is 3.23. The molecule has 3 nitrogen and oxygen atoms in total. The second kappa shape index (κ2) is 4.56. The van der Waals surface area contributed by atoms with Crippen LogP contribution in [0, 0.1) is 12.8 Å². The lowest BCUT2D eigenvalue weighted by Crippen LogP contribution is -2.40. The van der Waals surface area contributed by atoms with E-state index >= 15 is 0 Å². The van der Waals surface area contributed by atoms with Crippen molar-refractivity contribution in [3.8, 4) is 0 Å². The number of carboxylic acid groups (broad SMARTS) is 1. The molecule has 1 saturated carbocycles. The van der Waals surface area contributed by atoms with Gasteiger partial charge in [-0.3, -0.25) is 0 Å². The van der Waals surface area contributed by atoms with Crippen molar-refractivity contribution in [2.24, 2.45) is 5.92 Å². The van der Waals surface area contributed by atoms with Crippen LogP contribution in [-0.2, 0) is 4.79 Å². The molecule has 3 heteroatoms. The van der Waals surface area contributed by atoms with Crippen LogP contribution < -0.4 is 5.32 Å². The first-order valence-electron chi connectivity index (χ1n) is 5.73. The molecule has 0 aromatic heterocycles. The molecule has 2 N–H and O–H groups in total. The van der Waals surface area contributed by atoms with E-state index in [0.29, 0.717) is 0 Å². The minimum absolute atomic E-state index is 0.290. The van der Waals surface area contributed by atoms with E-state index in [9.17, 15) is 9.90 Å². The predicted octanol–water partition coefficient (Wildman–Crippen LogP) is 2.66. The number of aliphatic carboxylic acids is 1. The zero-order valence-electron chi connectivity index (χ0n) is 9.44. The van der Waals surface area contributed by atoms with Gasteiger partial charge in [0, 0.05) is 5.69 Å². The molecule has 0 saturated heterocycles. The fraction of sp³-hybridized carbons (Fsp3) is 0.462. The molecule has 0 bridgehead atoms. The summed E-state index contributed by atoms with van der Waals surface area (Å²) in [5, 5.41) is 12.3. The molecule has 2 rings (SSSR count). The highest BCUT2D eigenvalue weighted by Gasteiger charge is 2.32. The Morgan fingerprint density at radius 2 is 2.25 bits per heavy atom. The number of anilines is 1. The molecule has 1 fully saturated rings. The van der Waals surface area contributed by atoms with Crippen LogP contribution in [0.5, 0.6) is 0 Å². The topological polar surface area (TPSA) is 49.3 Å². The number of aryl methyl sites for hydroxylation is 1. The summed E-state index contributed by atoms with van der Waals surface area (Å²) in [5.74, 6) is -0.454. The lowest BCUT2D eigenvalue weighted by molar-refractivity contribution is -0.139. The van der Waals surface area contributed by atoms with E-state index in [1.165, 1.54) is 0 Å². The summed E-state index contributed by atoms with van der Waals surface area (Å²) in [6.07, 6.45) is 3.20. The van der Waals surface area contributed by atoms with Crippen LogP contribution in [0.4, 0.5) is 5.69 Å². The van der Waals surface area contributed by atoms with Gasteiger partial charge in [0.1, 0.15) is 6.04 Å². The first-order chi connectivity index (χ1) is 7.66. The van der Waals surface area contributed by atoms with Crippen LogP contribution in [0.3, 0.4) is 0 Å². The van der Waals surface area contributed by atoms with Gasteiger partial charge in [0.2, 0.25) is 0 Å². The first-order valence-corrected chi connectivity index (χ1v) is 5.73. The zero-order valence-corrected chi connectivity index (χ0v) is 9.44. The Kier molecular flexibility index (Phi) is 3.13. The highest BCUT2D eigenvalue weighted by molar-refractivity contribution is 5.78. The molecule has 86 valence electrons. The Morgan fingerprint density at radius 3 is 2.75 bits per heavy atom. The Morgan fingerprint density at radius 1 is 1.50 bits per heavy atom. The summed E-state index contributed by atoms with van der Waals surface area (Å²) in [6.45, 7) is 2.00. The maximum atomic E-state index is 11.2. The molecule has 0 radical (unpaired) electrons. The number of benzene rings is 1. The Balaban J connectivity index is 2.07. The van der Waals surface area contributed by atoms with Crippen molar-refractivity contribution < 1.29 is 9.90 Å². The van der Waals surface area contributed by atoms with E-state index < -0.39 is 12.0 Å². The third-order valence-electron chi connectivity index (χ3n) is 3.23. The lowest BCUT2D eigenvalue weighted by atomic mass is 9.79. The van der Waals surface area contributed by atoms with Gasteiger partial charge in [-0.1, -0.05) is 18.6 Å². The number of carboxylic acids is 1. The smallest absolute Gasteiger partial charge is 0.326 e. The fourth-order valence-corrected chi connectivity index (χ4v) is 2.07. The van der Waals surface area contributed by atoms with Crippen LogP contribution in [-0.4, -0.2) is 17.1 Å². The number of hydrogen-bond donors (Lipinski definition) is 2. The standard InChI is InChI=1S/C13H17NO2/c1-9-4-2-7-11(8-9)14-12(13(15)16)10-5-3-6-10/h2,4,7-8,10,12,14H,3,5-6H2,1H3,(H,15,16). The molecule has 1 aliphatic rings. The summed E-state index contributed by atoms with van der Waals surface area (Å²) in [5.41, 5.74) is 2.04. The lowest BCUT2D eigenvalue weighted by Gasteiger charge is -2.32. The number of nitrogens with one attached hydrogen (secondary N) is 1. The molecule has 1 unspecified atom stereocenters. The molecule has 1 aromatic carbocycles. The second-order valence-corrected chi connectivity index (χ2v) is 4.52. The van der Waals surface area contributed by atoms with Crippen molar-refractivity contribution in [2.45, 2.75) is 32.2 Å². The maximum absolute atomic E-state index is 11.2. The molecule has 1 aromatic rings. The van der Waals surface area contributed by atoms with Crippen molar-refractivity contribution in [1.82, 2.24) is 0 Å². The van der Waals surface area contributed by atoms with Gasteiger partial charge in [-0.05, 0) is 43.4 Å². The van der Waals surface area contributed by atoms with E-state index in [1.807, 2.05) is 31.2 Å². The van der Waals surface area contributed by atoms with Crippen LogP contribution >= 0.6 is 0 Å². The highest BCUT2D eigenvalue weighted by atomic mass is 16.4. The third kappa shape index (κ3) is 2.35. The Bertz CT molecular complexity index is 385. The molecule has 1 atom stereocenters. The van der Waals surface area contributed by atoms with Gasteiger partial charge >= 0.3 is 5.97 Å². The average Bonchev–Trinajstić information content (AvgIpc) is 2.14. The van der Waals surface area contributed by atoms with Crippen LogP contribution in [0.15, 0.2) is 24.3 Å². The van der Waals surface area contributed by atoms with Gasteiger partial charge in [0.05, 0.1) is 0 Å². The molecule has 0 spiro atoms. The largest absolute Gasteiger partial charge is 0.480 e. The Labute approximate surface area is 95.5 Å². The molecule has 0 heterocycles. The molecule has 0 amide bonds. The molecular formula is C13H17NO2. The Hall–Kier alpha value is -1.51. The second-order valence-electron chi connectivity index (χ2n) is 4.52. The van der Waals surface area contributed by atoms with Gasteiger partial charge in [-0.2, -0.15) is 0 Å². The number of rotatable bonds is 4. The van der Waals surface area contributed by atoms with Gasteiger partial charge < -0.3 is 10.4 Å². The van der Waals surface area contributed by atoms with Gasteiger partial charge in [0.25, 0.3) is 0 Å². The minimum atomic E-state index is -0.744. The zero-order chi connectivity index (χ0) is 11.5. The summed E-state index contributed by atoms with van der Waals surface area (Å²) in [4.78, 5) is 11.2. The van der Waals surface area contributed by atoms with Gasteiger partial charge in [-0.15, -0.1) is 0 Å². The summed E-state index contributed by atoms with van der Waals surface area (Å²) < 4.78 is 0. The van der Waals surface area contributed by atoms with Crippen molar-refractivity contribution in [3.63, 3.8) is 0 Å². The van der Waals surface area contributed by atoms with Crippen LogP contribution in [0.25, 0.3) is 0 Å². The first kappa shape index (κ1) is 11.0. The summed E-state index contributed by atoms with van der Waals surface area (Å²) in [7, 11) is 0. The minimum Gasteiger partial charge on any atom is -0.480 e. The van der Waals surface area contributed by atoms with Crippen molar-refractivity contribution >= 4 is 11.7 Å². The van der Waals surface area contributed by atoms with E-state index in [1.54, 1.807) is 0 Å². The van der Waals surface area contributed by atoms with E-state index in [2.05, 4.69) is 5.32 Å². The van der Waals surface area contributed by atoms with E-state index in [0.717, 1.165) is 30.5 Å². The summed E-state index contributed by atoms with van der Waals surface area (Å²) >= 11 is 0. The average molecular weight is 219 g/mol. The molecule has 0 aliphatic heterocycles. The monoisotopic (exact) mass is 219 g/mol. The SMILES string of the molecule is Cc1cccc(NC(C(=O)O)C2CCC2)c1. The van der Waals surface area contributed by atoms with Gasteiger partial charge in [0.15, 0.2) is 0 Å². The number of hydrogen-bond acceptors (Lipinski definition) is 2. The molecule has 16 heavy (non-hydrogen) atoms. The normalized spacial score (nSPS) is 17.6. The highest BCUT2D eigenvalue weighted by Crippen LogP contribution is 2.31. The van der Waals surface area contributed by atoms with Gasteiger partial charge in [-0.25, -0.2) is 4.79 Å². The van der Waals surface area contributed by atoms with Crippen molar-refractivity contribution in [3.05, 3.63) is 29.8 Å².